The van der Waals surface area contributed by atoms with Gasteiger partial charge in [0.2, 0.25) is 5.95 Å². The van der Waals surface area contributed by atoms with Gasteiger partial charge in [0.15, 0.2) is 0 Å². The van der Waals surface area contributed by atoms with Gasteiger partial charge in [0.05, 0.1) is 18.8 Å². The Morgan fingerprint density at radius 2 is 1.85 bits per heavy atom. The molecule has 0 saturated carbocycles. The van der Waals surface area contributed by atoms with Gasteiger partial charge in [-0.15, -0.1) is 11.3 Å². The van der Waals surface area contributed by atoms with Crippen LogP contribution < -0.4 is 21.0 Å². The van der Waals surface area contributed by atoms with Gasteiger partial charge in [-0.3, -0.25) is 10.0 Å². The number of anilines is 5. The van der Waals surface area contributed by atoms with Gasteiger partial charge in [-0.25, -0.2) is 10.5 Å². The van der Waals surface area contributed by atoms with E-state index < -0.39 is 23.5 Å². The fourth-order valence-corrected chi connectivity index (χ4v) is 3.99. The predicted octanol–water partition coefficient (Wildman–Crippen LogP) is 4.00. The summed E-state index contributed by atoms with van der Waals surface area (Å²) in [6, 6.07) is 8.70. The van der Waals surface area contributed by atoms with Crippen molar-refractivity contribution in [3.05, 3.63) is 53.0 Å². The first-order chi connectivity index (χ1) is 15.8. The van der Waals surface area contributed by atoms with Crippen LogP contribution in [0.3, 0.4) is 0 Å². The van der Waals surface area contributed by atoms with Crippen LogP contribution in [-0.4, -0.2) is 47.4 Å². The van der Waals surface area contributed by atoms with Crippen molar-refractivity contribution in [3.63, 3.8) is 0 Å². The summed E-state index contributed by atoms with van der Waals surface area (Å²) in [4.78, 5) is 21.7. The molecule has 9 nitrogen and oxygen atoms in total. The summed E-state index contributed by atoms with van der Waals surface area (Å²) in [5.74, 6) is -1.45. The minimum absolute atomic E-state index is 0.0255. The predicted molar refractivity (Wildman–Crippen MR) is 117 cm³/mol. The number of hydroxylamine groups is 1. The Bertz CT molecular complexity index is 1120. The number of nitrogens with zero attached hydrogens (tertiary/aromatic N) is 3. The number of nitrogens with one attached hydrogen (secondary N) is 3. The number of aromatic nitrogens is 2. The van der Waals surface area contributed by atoms with Gasteiger partial charge in [0.25, 0.3) is 5.91 Å². The summed E-state index contributed by atoms with van der Waals surface area (Å²) in [7, 11) is 0. The molecule has 2 aromatic heterocycles. The van der Waals surface area contributed by atoms with E-state index >= 15 is 0 Å². The highest BCUT2D eigenvalue weighted by Crippen LogP contribution is 2.37. The summed E-state index contributed by atoms with van der Waals surface area (Å²) in [6.45, 7) is 2.87. The van der Waals surface area contributed by atoms with Crippen LogP contribution >= 0.6 is 11.3 Å². The number of thiophene rings is 1. The zero-order chi connectivity index (χ0) is 23.4. The third-order valence-electron chi connectivity index (χ3n) is 4.84. The molecule has 4 N–H and O–H groups in total. The fourth-order valence-electron chi connectivity index (χ4n) is 3.20. The summed E-state index contributed by atoms with van der Waals surface area (Å²) < 4.78 is 45.9. The molecule has 0 unspecified atom stereocenters. The Morgan fingerprint density at radius 1 is 1.12 bits per heavy atom. The van der Waals surface area contributed by atoms with E-state index in [9.17, 15) is 18.0 Å². The zero-order valence-corrected chi connectivity index (χ0v) is 17.8. The van der Waals surface area contributed by atoms with Gasteiger partial charge in [0, 0.05) is 30.7 Å². The summed E-state index contributed by atoms with van der Waals surface area (Å²) >= 11 is 0.988. The monoisotopic (exact) mass is 480 g/mol. The molecule has 3 aromatic rings. The first-order valence-electron chi connectivity index (χ1n) is 9.78. The van der Waals surface area contributed by atoms with Gasteiger partial charge in [0.1, 0.15) is 16.4 Å². The molecular weight excluding hydrogens is 461 g/mol. The van der Waals surface area contributed by atoms with Crippen molar-refractivity contribution in [1.29, 1.82) is 0 Å². The Kier molecular flexibility index (Phi) is 6.62. The Hall–Kier alpha value is -3.42. The van der Waals surface area contributed by atoms with Gasteiger partial charge in [-0.05, 0) is 35.7 Å². The molecule has 13 heteroatoms. The molecule has 0 bridgehead atoms. The first kappa shape index (κ1) is 22.8. The smallest absolute Gasteiger partial charge is 0.378 e. The molecule has 4 rings (SSSR count). The summed E-state index contributed by atoms with van der Waals surface area (Å²) in [6.07, 6.45) is -4.06. The van der Waals surface area contributed by atoms with Crippen LogP contribution in [0.25, 0.3) is 0 Å². The first-order valence-corrected chi connectivity index (χ1v) is 10.7. The molecule has 1 aromatic carbocycles. The van der Waals surface area contributed by atoms with Crippen molar-refractivity contribution in [3.8, 4) is 0 Å². The molecule has 1 aliphatic heterocycles. The van der Waals surface area contributed by atoms with E-state index in [0.29, 0.717) is 25.1 Å². The van der Waals surface area contributed by atoms with Crippen molar-refractivity contribution in [2.24, 2.45) is 0 Å². The Balaban J connectivity index is 1.57. The highest BCUT2D eigenvalue weighted by Gasteiger charge is 2.35. The Labute approximate surface area is 190 Å². The van der Waals surface area contributed by atoms with Crippen LogP contribution in [-0.2, 0) is 10.9 Å². The number of carbonyl (C=O) groups excluding carboxylic acids is 1. The lowest BCUT2D eigenvalue weighted by molar-refractivity contribution is -0.137. The average molecular weight is 480 g/mol. The maximum absolute atomic E-state index is 13.5. The number of benzene rings is 1. The molecule has 0 radical (unpaired) electrons. The molecule has 1 saturated heterocycles. The van der Waals surface area contributed by atoms with Crippen LogP contribution in [0.5, 0.6) is 0 Å². The number of rotatable bonds is 6. The lowest BCUT2D eigenvalue weighted by Gasteiger charge is -2.28. The molecule has 0 spiro atoms. The normalized spacial score (nSPS) is 14.1. The maximum Gasteiger partial charge on any atom is 0.421 e. The number of morpholine rings is 1. The topological polar surface area (TPSA) is 112 Å². The summed E-state index contributed by atoms with van der Waals surface area (Å²) in [5.41, 5.74) is 1.94. The summed E-state index contributed by atoms with van der Waals surface area (Å²) in [5, 5.41) is 15.9. The third kappa shape index (κ3) is 5.32. The number of carbonyl (C=O) groups is 1. The number of halogens is 3. The number of alkyl halides is 3. The van der Waals surface area contributed by atoms with Gasteiger partial charge < -0.3 is 20.3 Å². The van der Waals surface area contributed by atoms with Gasteiger partial charge in [-0.2, -0.15) is 18.2 Å². The quantitative estimate of drug-likeness (QED) is 0.310. The number of hydrogen-bond donors (Lipinski definition) is 4. The van der Waals surface area contributed by atoms with Crippen molar-refractivity contribution in [1.82, 2.24) is 15.4 Å². The van der Waals surface area contributed by atoms with E-state index in [2.05, 4.69) is 25.5 Å². The second kappa shape index (κ2) is 9.60. The second-order valence-corrected chi connectivity index (χ2v) is 7.87. The molecule has 33 heavy (non-hydrogen) atoms. The lowest BCUT2D eigenvalue weighted by Crippen LogP contribution is -2.36. The molecule has 1 aliphatic rings. The minimum Gasteiger partial charge on any atom is -0.378 e. The van der Waals surface area contributed by atoms with Crippen LogP contribution in [0.1, 0.15) is 15.9 Å². The van der Waals surface area contributed by atoms with Crippen LogP contribution in [0.15, 0.2) is 41.9 Å². The zero-order valence-electron chi connectivity index (χ0n) is 17.0. The second-order valence-electron chi connectivity index (χ2n) is 6.95. The molecule has 1 amide bonds. The van der Waals surface area contributed by atoms with Gasteiger partial charge in [-0.1, -0.05) is 0 Å². The van der Waals surface area contributed by atoms with Crippen molar-refractivity contribution in [2.45, 2.75) is 6.18 Å². The Morgan fingerprint density at radius 3 is 2.52 bits per heavy atom. The van der Waals surface area contributed by atoms with Crippen LogP contribution in [0.4, 0.5) is 41.3 Å². The van der Waals surface area contributed by atoms with E-state index in [-0.39, 0.29) is 16.5 Å². The minimum atomic E-state index is -4.72. The largest absolute Gasteiger partial charge is 0.421 e. The van der Waals surface area contributed by atoms with Crippen molar-refractivity contribution >= 4 is 45.4 Å². The SMILES string of the molecule is O=C(NO)c1ccsc1Nc1nc(Nc2ccc(N3CCOCC3)cc2)ncc1C(F)(F)F. The van der Waals surface area contributed by atoms with E-state index in [1.54, 1.807) is 12.1 Å². The molecule has 3 heterocycles. The van der Waals surface area contributed by atoms with E-state index in [0.717, 1.165) is 30.1 Å². The molecule has 174 valence electrons. The number of amides is 1. The average Bonchev–Trinajstić information content (AvgIpc) is 3.27. The lowest BCUT2D eigenvalue weighted by atomic mass is 10.2. The number of ether oxygens (including phenoxy) is 1. The van der Waals surface area contributed by atoms with Gasteiger partial charge >= 0.3 is 6.18 Å². The fraction of sp³-hybridized carbons (Fsp3) is 0.250. The maximum atomic E-state index is 13.5. The van der Waals surface area contributed by atoms with Crippen molar-refractivity contribution in [2.75, 3.05) is 41.8 Å². The molecule has 1 fully saturated rings. The van der Waals surface area contributed by atoms with E-state index in [1.165, 1.54) is 16.9 Å². The van der Waals surface area contributed by atoms with Crippen LogP contribution in [0, 0.1) is 0 Å². The standard InChI is InChI=1S/C20H19F3N6O3S/c21-20(22,23)15-11-24-19(27-16(15)26-18-14(5-10-33-18)17(30)28-31)25-12-1-3-13(4-2-12)29-6-8-32-9-7-29/h1-5,10-11,31H,6-9H2,(H,28,30)(H2,24,25,26,27). The van der Waals surface area contributed by atoms with E-state index in [4.69, 9.17) is 9.94 Å². The van der Waals surface area contributed by atoms with Crippen molar-refractivity contribution < 1.29 is 27.9 Å². The number of hydrogen-bond acceptors (Lipinski definition) is 9. The third-order valence-corrected chi connectivity index (χ3v) is 5.67. The van der Waals surface area contributed by atoms with Crippen LogP contribution in [0.2, 0.25) is 0 Å². The van der Waals surface area contributed by atoms with E-state index in [1.807, 2.05) is 12.1 Å². The molecule has 0 aliphatic carbocycles. The highest BCUT2D eigenvalue weighted by atomic mass is 32.1. The molecular formula is C20H19F3N6O3S. The molecule has 0 atom stereocenters. The highest BCUT2D eigenvalue weighted by molar-refractivity contribution is 7.14.